The average Bonchev–Trinajstić information content (AvgIpc) is 2.41. The van der Waals surface area contributed by atoms with Gasteiger partial charge < -0.3 is 10.2 Å². The lowest BCUT2D eigenvalue weighted by molar-refractivity contribution is -0.134. The van der Waals surface area contributed by atoms with Crippen molar-refractivity contribution in [2.24, 2.45) is 0 Å². The molecule has 4 nitrogen and oxygen atoms in total. The molecule has 2 unspecified atom stereocenters. The van der Waals surface area contributed by atoms with Crippen molar-refractivity contribution in [1.29, 1.82) is 0 Å². The summed E-state index contributed by atoms with van der Waals surface area (Å²) in [6.45, 7) is 4.90. The number of carbonyl (C=O) groups is 1. The Kier molecular flexibility index (Phi) is 4.80. The van der Waals surface area contributed by atoms with E-state index in [1.54, 1.807) is 6.20 Å². The summed E-state index contributed by atoms with van der Waals surface area (Å²) in [6.07, 6.45) is 5.17. The summed E-state index contributed by atoms with van der Waals surface area (Å²) in [7, 11) is 0. The minimum Gasteiger partial charge on any atom is -0.359 e. The zero-order valence-corrected chi connectivity index (χ0v) is 13.0. The first kappa shape index (κ1) is 14.3. The van der Waals surface area contributed by atoms with Gasteiger partial charge in [-0.15, -0.1) is 0 Å². The first-order valence-corrected chi connectivity index (χ1v) is 7.56. The van der Waals surface area contributed by atoms with Crippen LogP contribution in [0.2, 0.25) is 0 Å². The van der Waals surface area contributed by atoms with E-state index >= 15 is 0 Å². The fourth-order valence-electron chi connectivity index (χ4n) is 2.42. The van der Waals surface area contributed by atoms with Crippen LogP contribution in [0.15, 0.2) is 22.8 Å². The van der Waals surface area contributed by atoms with Crippen LogP contribution in [0, 0.1) is 0 Å². The Morgan fingerprint density at radius 1 is 1.53 bits per heavy atom. The van der Waals surface area contributed by atoms with Gasteiger partial charge in [0.25, 0.3) is 0 Å². The summed E-state index contributed by atoms with van der Waals surface area (Å²) in [4.78, 5) is 18.6. The van der Waals surface area contributed by atoms with Gasteiger partial charge in [-0.3, -0.25) is 4.79 Å². The van der Waals surface area contributed by atoms with E-state index in [4.69, 9.17) is 0 Å². The van der Waals surface area contributed by atoms with Gasteiger partial charge in [-0.05, 0) is 61.2 Å². The zero-order chi connectivity index (χ0) is 13.8. The van der Waals surface area contributed by atoms with Crippen molar-refractivity contribution in [2.75, 3.05) is 11.9 Å². The SMILES string of the molecule is CC(Nc1ccc(Br)cn1)C(=O)N1CCCCC1C. The van der Waals surface area contributed by atoms with E-state index in [0.717, 1.165) is 29.7 Å². The monoisotopic (exact) mass is 325 g/mol. The number of hydrogen-bond donors (Lipinski definition) is 1. The lowest BCUT2D eigenvalue weighted by Crippen LogP contribution is -2.48. The molecule has 1 aromatic heterocycles. The number of piperidine rings is 1. The molecule has 0 bridgehead atoms. The van der Waals surface area contributed by atoms with E-state index in [-0.39, 0.29) is 11.9 Å². The fraction of sp³-hybridized carbons (Fsp3) is 0.571. The molecule has 19 heavy (non-hydrogen) atoms. The van der Waals surface area contributed by atoms with Crippen molar-refractivity contribution in [3.05, 3.63) is 22.8 Å². The van der Waals surface area contributed by atoms with Gasteiger partial charge in [-0.2, -0.15) is 0 Å². The predicted molar refractivity (Wildman–Crippen MR) is 80.0 cm³/mol. The molecule has 104 valence electrons. The Morgan fingerprint density at radius 2 is 2.32 bits per heavy atom. The largest absolute Gasteiger partial charge is 0.359 e. The first-order valence-electron chi connectivity index (χ1n) is 6.76. The van der Waals surface area contributed by atoms with Gasteiger partial charge in [0, 0.05) is 23.3 Å². The zero-order valence-electron chi connectivity index (χ0n) is 11.4. The average molecular weight is 326 g/mol. The van der Waals surface area contributed by atoms with Gasteiger partial charge in [0.2, 0.25) is 5.91 Å². The molecule has 0 aliphatic carbocycles. The van der Waals surface area contributed by atoms with Crippen LogP contribution >= 0.6 is 15.9 Å². The van der Waals surface area contributed by atoms with E-state index in [1.165, 1.54) is 6.42 Å². The summed E-state index contributed by atoms with van der Waals surface area (Å²) in [5.74, 6) is 0.894. The van der Waals surface area contributed by atoms with Crippen molar-refractivity contribution in [2.45, 2.75) is 45.2 Å². The first-order chi connectivity index (χ1) is 9.08. The molecule has 1 aliphatic heterocycles. The molecule has 2 atom stereocenters. The molecule has 1 saturated heterocycles. The minimum atomic E-state index is -0.241. The van der Waals surface area contributed by atoms with Crippen molar-refractivity contribution < 1.29 is 4.79 Å². The van der Waals surface area contributed by atoms with Crippen molar-refractivity contribution in [3.8, 4) is 0 Å². The Labute approximate surface area is 122 Å². The van der Waals surface area contributed by atoms with Gasteiger partial charge >= 0.3 is 0 Å². The van der Waals surface area contributed by atoms with Gasteiger partial charge in [-0.25, -0.2) is 4.98 Å². The Hall–Kier alpha value is -1.10. The van der Waals surface area contributed by atoms with Crippen LogP contribution in [0.5, 0.6) is 0 Å². The molecule has 1 fully saturated rings. The predicted octanol–water partition coefficient (Wildman–Crippen LogP) is 3.05. The van der Waals surface area contributed by atoms with E-state index < -0.39 is 0 Å². The molecule has 0 saturated carbocycles. The van der Waals surface area contributed by atoms with E-state index in [9.17, 15) is 4.79 Å². The number of carbonyl (C=O) groups excluding carboxylic acids is 1. The molecule has 1 amide bonds. The summed E-state index contributed by atoms with van der Waals surface area (Å²) in [6, 6.07) is 3.89. The number of nitrogens with one attached hydrogen (secondary N) is 1. The molecular formula is C14H20BrN3O. The van der Waals surface area contributed by atoms with Crippen LogP contribution in [0.25, 0.3) is 0 Å². The van der Waals surface area contributed by atoms with E-state index in [2.05, 4.69) is 33.2 Å². The van der Waals surface area contributed by atoms with Gasteiger partial charge in [0.15, 0.2) is 0 Å². The third-order valence-electron chi connectivity index (χ3n) is 3.55. The molecular weight excluding hydrogens is 306 g/mol. The maximum absolute atomic E-state index is 12.4. The number of pyridine rings is 1. The maximum atomic E-state index is 12.4. The number of nitrogens with zero attached hydrogens (tertiary/aromatic N) is 2. The van der Waals surface area contributed by atoms with Gasteiger partial charge in [-0.1, -0.05) is 0 Å². The minimum absolute atomic E-state index is 0.164. The molecule has 5 heteroatoms. The molecule has 2 rings (SSSR count). The number of anilines is 1. The topological polar surface area (TPSA) is 45.2 Å². The van der Waals surface area contributed by atoms with Crippen molar-refractivity contribution >= 4 is 27.7 Å². The molecule has 0 aromatic carbocycles. The summed E-state index contributed by atoms with van der Waals surface area (Å²) < 4.78 is 0.932. The third-order valence-corrected chi connectivity index (χ3v) is 4.02. The second-order valence-electron chi connectivity index (χ2n) is 5.10. The van der Waals surface area contributed by atoms with Crippen molar-refractivity contribution in [1.82, 2.24) is 9.88 Å². The van der Waals surface area contributed by atoms with Crippen LogP contribution in [0.3, 0.4) is 0 Å². The standard InChI is InChI=1S/C14H20BrN3O/c1-10-5-3-4-8-18(10)14(19)11(2)17-13-7-6-12(15)9-16-13/h6-7,9-11H,3-5,8H2,1-2H3,(H,16,17). The summed E-state index contributed by atoms with van der Waals surface area (Å²) in [5, 5.41) is 3.16. The quantitative estimate of drug-likeness (QED) is 0.929. The van der Waals surface area contributed by atoms with Gasteiger partial charge in [0.05, 0.1) is 0 Å². The van der Waals surface area contributed by atoms with E-state index in [1.807, 2.05) is 24.0 Å². The van der Waals surface area contributed by atoms with Crippen LogP contribution in [0.4, 0.5) is 5.82 Å². The lowest BCUT2D eigenvalue weighted by atomic mass is 10.0. The highest BCUT2D eigenvalue weighted by Crippen LogP contribution is 2.18. The number of hydrogen-bond acceptors (Lipinski definition) is 3. The lowest BCUT2D eigenvalue weighted by Gasteiger charge is -2.35. The number of aromatic nitrogens is 1. The Balaban J connectivity index is 1.96. The second kappa shape index (κ2) is 6.37. The molecule has 1 N–H and O–H groups in total. The molecule has 1 aliphatic rings. The highest BCUT2D eigenvalue weighted by atomic mass is 79.9. The van der Waals surface area contributed by atoms with Crippen LogP contribution in [0.1, 0.15) is 33.1 Å². The number of halogens is 1. The summed E-state index contributed by atoms with van der Waals surface area (Å²) in [5.41, 5.74) is 0. The maximum Gasteiger partial charge on any atom is 0.245 e. The number of amides is 1. The normalized spacial score (nSPS) is 21.0. The van der Waals surface area contributed by atoms with E-state index in [0.29, 0.717) is 6.04 Å². The van der Waals surface area contributed by atoms with Crippen LogP contribution in [-0.2, 0) is 4.79 Å². The van der Waals surface area contributed by atoms with Crippen molar-refractivity contribution in [3.63, 3.8) is 0 Å². The van der Waals surface area contributed by atoms with Crippen LogP contribution in [-0.4, -0.2) is 34.4 Å². The molecule has 0 spiro atoms. The number of likely N-dealkylation sites (tertiary alicyclic amines) is 1. The molecule has 2 heterocycles. The van der Waals surface area contributed by atoms with Gasteiger partial charge in [0.1, 0.15) is 11.9 Å². The smallest absolute Gasteiger partial charge is 0.245 e. The highest BCUT2D eigenvalue weighted by Gasteiger charge is 2.26. The molecule has 1 aromatic rings. The Morgan fingerprint density at radius 3 is 2.95 bits per heavy atom. The highest BCUT2D eigenvalue weighted by molar-refractivity contribution is 9.10. The summed E-state index contributed by atoms with van der Waals surface area (Å²) >= 11 is 3.35. The molecule has 0 radical (unpaired) electrons. The third kappa shape index (κ3) is 3.69. The number of rotatable bonds is 3. The Bertz CT molecular complexity index is 435. The van der Waals surface area contributed by atoms with Crippen LogP contribution < -0.4 is 5.32 Å². The second-order valence-corrected chi connectivity index (χ2v) is 6.02. The fourth-order valence-corrected chi connectivity index (χ4v) is 2.65.